The van der Waals surface area contributed by atoms with Crippen LogP contribution in [0.25, 0.3) is 0 Å². The van der Waals surface area contributed by atoms with E-state index in [-0.39, 0.29) is 17.7 Å². The number of piperidine rings is 1. The van der Waals surface area contributed by atoms with Gasteiger partial charge in [-0.05, 0) is 25.0 Å². The van der Waals surface area contributed by atoms with Gasteiger partial charge in [0.15, 0.2) is 0 Å². The molecule has 7 heteroatoms. The molecule has 1 unspecified atom stereocenters. The molecule has 1 aromatic rings. The van der Waals surface area contributed by atoms with E-state index in [1.54, 1.807) is 23.1 Å². The molecule has 0 spiro atoms. The minimum Gasteiger partial charge on any atom is -0.409 e. The van der Waals surface area contributed by atoms with Gasteiger partial charge in [0.2, 0.25) is 0 Å². The van der Waals surface area contributed by atoms with Gasteiger partial charge in [-0.1, -0.05) is 34.4 Å². The van der Waals surface area contributed by atoms with Crippen molar-refractivity contribution in [1.82, 2.24) is 4.90 Å². The summed E-state index contributed by atoms with van der Waals surface area (Å²) in [5, 5.41) is 12.4. The third-order valence-electron chi connectivity index (χ3n) is 3.42. The molecule has 1 heterocycles. The average Bonchev–Trinajstić information content (AvgIpc) is 2.46. The van der Waals surface area contributed by atoms with E-state index in [4.69, 9.17) is 34.1 Å². The zero-order chi connectivity index (χ0) is 14.7. The highest BCUT2D eigenvalue weighted by molar-refractivity contribution is 6.39. The Balaban J connectivity index is 2.21. The molecule has 1 atom stereocenters. The molecule has 2 rings (SSSR count). The number of nitrogens with zero attached hydrogens (tertiary/aromatic N) is 2. The number of hydrogen-bond donors (Lipinski definition) is 2. The molecule has 3 N–H and O–H groups in total. The smallest absolute Gasteiger partial charge is 0.256 e. The van der Waals surface area contributed by atoms with Gasteiger partial charge in [0.05, 0.1) is 15.6 Å². The second-order valence-electron chi connectivity index (χ2n) is 4.71. The van der Waals surface area contributed by atoms with Crippen LogP contribution in [0.2, 0.25) is 10.0 Å². The van der Waals surface area contributed by atoms with E-state index in [1.165, 1.54) is 0 Å². The zero-order valence-corrected chi connectivity index (χ0v) is 12.2. The lowest BCUT2D eigenvalue weighted by Gasteiger charge is -2.32. The molecule has 1 fully saturated rings. The highest BCUT2D eigenvalue weighted by Crippen LogP contribution is 2.27. The summed E-state index contributed by atoms with van der Waals surface area (Å²) >= 11 is 12.1. The van der Waals surface area contributed by atoms with Crippen LogP contribution >= 0.6 is 23.2 Å². The maximum absolute atomic E-state index is 12.5. The largest absolute Gasteiger partial charge is 0.409 e. The molecule has 1 saturated heterocycles. The predicted molar refractivity (Wildman–Crippen MR) is 78.5 cm³/mol. The maximum atomic E-state index is 12.5. The Morgan fingerprint density at radius 1 is 1.40 bits per heavy atom. The summed E-state index contributed by atoms with van der Waals surface area (Å²) in [5.74, 6) is -0.220. The second-order valence-corrected chi connectivity index (χ2v) is 5.53. The van der Waals surface area contributed by atoms with Crippen molar-refractivity contribution < 1.29 is 10.0 Å². The summed E-state index contributed by atoms with van der Waals surface area (Å²) in [6, 6.07) is 4.95. The summed E-state index contributed by atoms with van der Waals surface area (Å²) < 4.78 is 0. The van der Waals surface area contributed by atoms with E-state index in [1.807, 2.05) is 0 Å². The number of oxime groups is 1. The number of carbonyl (C=O) groups excluding carboxylic acids is 1. The Bertz CT molecular complexity index is 528. The Kier molecular flexibility index (Phi) is 4.73. The number of nitrogens with two attached hydrogens (primary N) is 1. The van der Waals surface area contributed by atoms with Gasteiger partial charge in [0.1, 0.15) is 5.84 Å². The lowest BCUT2D eigenvalue weighted by atomic mass is 9.96. The minimum atomic E-state index is -0.226. The number of amides is 1. The quantitative estimate of drug-likeness (QED) is 0.381. The van der Waals surface area contributed by atoms with Gasteiger partial charge < -0.3 is 15.8 Å². The van der Waals surface area contributed by atoms with E-state index in [0.29, 0.717) is 28.7 Å². The van der Waals surface area contributed by atoms with E-state index in [0.717, 1.165) is 12.8 Å². The van der Waals surface area contributed by atoms with Gasteiger partial charge in [-0.25, -0.2) is 0 Å². The van der Waals surface area contributed by atoms with Crippen LogP contribution in [0.15, 0.2) is 23.4 Å². The van der Waals surface area contributed by atoms with Crippen molar-refractivity contribution in [3.05, 3.63) is 33.8 Å². The standard InChI is InChI=1S/C13H15Cl2N3O2/c14-9-4-1-5-10(15)11(9)13(19)18-6-2-3-8(7-18)12(16)17-20/h1,4-5,8,20H,2-3,6-7H2,(H2,16,17). The van der Waals surface area contributed by atoms with Gasteiger partial charge >= 0.3 is 0 Å². The number of halogens is 2. The molecule has 1 aliphatic rings. The monoisotopic (exact) mass is 315 g/mol. The summed E-state index contributed by atoms with van der Waals surface area (Å²) in [7, 11) is 0. The average molecular weight is 316 g/mol. The van der Waals surface area contributed by atoms with Crippen LogP contribution in [0.4, 0.5) is 0 Å². The van der Waals surface area contributed by atoms with Crippen molar-refractivity contribution >= 4 is 34.9 Å². The molecule has 0 aromatic heterocycles. The molecule has 5 nitrogen and oxygen atoms in total. The van der Waals surface area contributed by atoms with Crippen LogP contribution in [0.3, 0.4) is 0 Å². The first kappa shape index (κ1) is 14.9. The normalized spacial score (nSPS) is 20.0. The number of likely N-dealkylation sites (tertiary alicyclic amines) is 1. The van der Waals surface area contributed by atoms with Gasteiger partial charge in [0, 0.05) is 19.0 Å². The molecule has 0 saturated carbocycles. The predicted octanol–water partition coefficient (Wildman–Crippen LogP) is 2.59. The lowest BCUT2D eigenvalue weighted by molar-refractivity contribution is 0.0701. The Labute approximate surface area is 126 Å². The van der Waals surface area contributed by atoms with Gasteiger partial charge in [0.25, 0.3) is 5.91 Å². The number of rotatable bonds is 2. The molecule has 0 bridgehead atoms. The van der Waals surface area contributed by atoms with Crippen LogP contribution in [0.5, 0.6) is 0 Å². The molecule has 0 radical (unpaired) electrons. The van der Waals surface area contributed by atoms with E-state index < -0.39 is 0 Å². The zero-order valence-electron chi connectivity index (χ0n) is 10.7. The summed E-state index contributed by atoms with van der Waals surface area (Å²) in [4.78, 5) is 14.1. The summed E-state index contributed by atoms with van der Waals surface area (Å²) in [6.07, 6.45) is 1.57. The van der Waals surface area contributed by atoms with Crippen molar-refractivity contribution in [3.8, 4) is 0 Å². The third kappa shape index (κ3) is 2.99. The number of amidine groups is 1. The third-order valence-corrected chi connectivity index (χ3v) is 4.05. The van der Waals surface area contributed by atoms with Crippen molar-refractivity contribution in [2.75, 3.05) is 13.1 Å². The van der Waals surface area contributed by atoms with Crippen LogP contribution in [-0.4, -0.2) is 34.9 Å². The molecule has 1 aromatic carbocycles. The van der Waals surface area contributed by atoms with Gasteiger partial charge in [-0.3, -0.25) is 4.79 Å². The fraction of sp³-hybridized carbons (Fsp3) is 0.385. The molecule has 1 amide bonds. The van der Waals surface area contributed by atoms with Gasteiger partial charge in [-0.15, -0.1) is 0 Å². The molecular formula is C13H15Cl2N3O2. The van der Waals surface area contributed by atoms with Crippen molar-refractivity contribution in [2.45, 2.75) is 12.8 Å². The minimum absolute atomic E-state index is 0.140. The number of hydrogen-bond acceptors (Lipinski definition) is 3. The van der Waals surface area contributed by atoms with Crippen LogP contribution in [0, 0.1) is 5.92 Å². The first-order valence-electron chi connectivity index (χ1n) is 6.25. The Morgan fingerprint density at radius 2 is 2.05 bits per heavy atom. The number of carbonyl (C=O) groups is 1. The molecule has 0 aliphatic carbocycles. The molecule has 108 valence electrons. The molecule has 1 aliphatic heterocycles. The first-order valence-corrected chi connectivity index (χ1v) is 7.01. The summed E-state index contributed by atoms with van der Waals surface area (Å²) in [5.41, 5.74) is 5.92. The molecule has 20 heavy (non-hydrogen) atoms. The van der Waals surface area contributed by atoms with Crippen molar-refractivity contribution in [1.29, 1.82) is 0 Å². The molecular weight excluding hydrogens is 301 g/mol. The van der Waals surface area contributed by atoms with Crippen LogP contribution < -0.4 is 5.73 Å². The van der Waals surface area contributed by atoms with Crippen molar-refractivity contribution in [2.24, 2.45) is 16.8 Å². The lowest BCUT2D eigenvalue weighted by Crippen LogP contribution is -2.44. The summed E-state index contributed by atoms with van der Waals surface area (Å²) in [6.45, 7) is 1.01. The SMILES string of the molecule is NC(=NO)C1CCCN(C(=O)c2c(Cl)cccc2Cl)C1. The van der Waals surface area contributed by atoms with E-state index >= 15 is 0 Å². The first-order chi connectivity index (χ1) is 9.54. The highest BCUT2D eigenvalue weighted by Gasteiger charge is 2.28. The van der Waals surface area contributed by atoms with Crippen LogP contribution in [-0.2, 0) is 0 Å². The number of benzene rings is 1. The van der Waals surface area contributed by atoms with Crippen molar-refractivity contribution in [3.63, 3.8) is 0 Å². The van der Waals surface area contributed by atoms with E-state index in [2.05, 4.69) is 5.16 Å². The maximum Gasteiger partial charge on any atom is 0.256 e. The topological polar surface area (TPSA) is 78.9 Å². The second kappa shape index (κ2) is 6.33. The Hall–Kier alpha value is -1.46. The van der Waals surface area contributed by atoms with E-state index in [9.17, 15) is 4.79 Å². The Morgan fingerprint density at radius 3 is 2.65 bits per heavy atom. The highest BCUT2D eigenvalue weighted by atomic mass is 35.5. The fourth-order valence-corrected chi connectivity index (χ4v) is 2.90. The van der Waals surface area contributed by atoms with Crippen LogP contribution in [0.1, 0.15) is 23.2 Å². The van der Waals surface area contributed by atoms with Gasteiger partial charge in [-0.2, -0.15) is 0 Å². The fourth-order valence-electron chi connectivity index (χ4n) is 2.34.